The number of rotatable bonds is 5. The number of benzene rings is 7. The molecular formula is C48H38N2. The number of anilines is 3. The van der Waals surface area contributed by atoms with Gasteiger partial charge in [-0.2, -0.15) is 0 Å². The molecule has 0 unspecified atom stereocenters. The normalized spacial score (nSPS) is 14.7. The van der Waals surface area contributed by atoms with E-state index in [1.54, 1.807) is 0 Å². The summed E-state index contributed by atoms with van der Waals surface area (Å²) in [6.07, 6.45) is 0. The zero-order valence-electron chi connectivity index (χ0n) is 28.9. The first-order valence-electron chi connectivity index (χ1n) is 17.7. The molecule has 7 aromatic carbocycles. The maximum Gasteiger partial charge on any atom is 0.0582 e. The Balaban J connectivity index is 1.28. The zero-order valence-corrected chi connectivity index (χ0v) is 28.9. The van der Waals surface area contributed by atoms with Crippen LogP contribution in [0.2, 0.25) is 0 Å². The van der Waals surface area contributed by atoms with Crippen molar-refractivity contribution in [3.8, 4) is 27.9 Å². The minimum atomic E-state index is -0.207. The highest BCUT2D eigenvalue weighted by atomic mass is 15.1. The number of hydrogen-bond donors (Lipinski definition) is 0. The van der Waals surface area contributed by atoms with Gasteiger partial charge in [-0.3, -0.25) is 0 Å². The Morgan fingerprint density at radius 2 is 0.800 bits per heavy atom. The lowest BCUT2D eigenvalue weighted by molar-refractivity contribution is 0.594. The average Bonchev–Trinajstić information content (AvgIpc) is 3.49. The Morgan fingerprint density at radius 1 is 0.380 bits per heavy atom. The lowest BCUT2D eigenvalue weighted by Crippen LogP contribution is -2.34. The first kappa shape index (κ1) is 29.1. The monoisotopic (exact) mass is 642 g/mol. The Bertz CT molecular complexity index is 2460. The minimum absolute atomic E-state index is 0.207. The van der Waals surface area contributed by atoms with Gasteiger partial charge in [0.1, 0.15) is 0 Å². The molecule has 0 saturated carbocycles. The molecule has 0 spiro atoms. The SMILES string of the molecule is CC1(C)c2cc(N(c3cccc(-c4ccccc4)c3)c3cccc(-c4ccccc4)c3)cc3c2-n2c4c1cccc4c1cccc(c12)C3(C)C. The van der Waals surface area contributed by atoms with Crippen LogP contribution >= 0.6 is 0 Å². The van der Waals surface area contributed by atoms with Crippen molar-refractivity contribution >= 4 is 38.9 Å². The van der Waals surface area contributed by atoms with Gasteiger partial charge in [-0.05, 0) is 80.9 Å². The van der Waals surface area contributed by atoms with Crippen molar-refractivity contribution in [3.63, 3.8) is 0 Å². The lowest BCUT2D eigenvalue weighted by atomic mass is 9.68. The predicted molar refractivity (Wildman–Crippen MR) is 211 cm³/mol. The molecule has 0 atom stereocenters. The second-order valence-electron chi connectivity index (χ2n) is 15.0. The third-order valence-corrected chi connectivity index (χ3v) is 11.5. The highest BCUT2D eigenvalue weighted by Crippen LogP contribution is 2.56. The molecular weight excluding hydrogens is 605 g/mol. The molecule has 1 aromatic heterocycles. The number of nitrogens with zero attached hydrogens (tertiary/aromatic N) is 2. The molecule has 3 heterocycles. The standard InChI is InChI=1S/C48H38N2/c1-47(2)40-25-13-23-38-39-24-14-26-41-45(39)50(44(38)40)46-42(47)29-37(30-43(46)48(41,3)4)49(35-21-11-19-33(27-35)31-15-7-5-8-16-31)36-22-12-20-34(28-36)32-17-9-6-10-18-32/h5-30H,1-4H3. The van der Waals surface area contributed by atoms with E-state index in [2.05, 4.69) is 195 Å². The predicted octanol–water partition coefficient (Wildman–Crippen LogP) is 12.9. The van der Waals surface area contributed by atoms with Crippen LogP contribution in [-0.2, 0) is 10.8 Å². The lowest BCUT2D eigenvalue weighted by Gasteiger charge is -2.43. The first-order valence-corrected chi connectivity index (χ1v) is 17.7. The summed E-state index contributed by atoms with van der Waals surface area (Å²) in [5.41, 5.74) is 17.4. The fraction of sp³-hybridized carbons (Fsp3) is 0.125. The topological polar surface area (TPSA) is 8.17 Å². The molecule has 240 valence electrons. The highest BCUT2D eigenvalue weighted by molar-refractivity contribution is 6.14. The van der Waals surface area contributed by atoms with Crippen molar-refractivity contribution in [2.24, 2.45) is 0 Å². The maximum absolute atomic E-state index is 2.61. The summed E-state index contributed by atoms with van der Waals surface area (Å²) in [7, 11) is 0. The molecule has 10 rings (SSSR count). The number of fused-ring (bicyclic) bond motifs is 1. The van der Waals surface area contributed by atoms with Gasteiger partial charge in [0.15, 0.2) is 0 Å². The van der Waals surface area contributed by atoms with Gasteiger partial charge in [-0.15, -0.1) is 0 Å². The van der Waals surface area contributed by atoms with Crippen LogP contribution in [-0.4, -0.2) is 4.57 Å². The molecule has 2 heteroatoms. The fourth-order valence-electron chi connectivity index (χ4n) is 8.94. The second-order valence-corrected chi connectivity index (χ2v) is 15.0. The van der Waals surface area contributed by atoms with E-state index in [1.165, 1.54) is 77.7 Å². The Morgan fingerprint density at radius 3 is 1.26 bits per heavy atom. The summed E-state index contributed by atoms with van der Waals surface area (Å²) in [6, 6.07) is 58.3. The number of para-hydroxylation sites is 2. The van der Waals surface area contributed by atoms with Crippen LogP contribution in [0.15, 0.2) is 158 Å². The van der Waals surface area contributed by atoms with Crippen LogP contribution in [0.5, 0.6) is 0 Å². The summed E-state index contributed by atoms with van der Waals surface area (Å²) >= 11 is 0. The van der Waals surface area contributed by atoms with Gasteiger partial charge in [-0.25, -0.2) is 0 Å². The van der Waals surface area contributed by atoms with Crippen molar-refractivity contribution in [3.05, 3.63) is 180 Å². The summed E-state index contributed by atoms with van der Waals surface area (Å²) in [5.74, 6) is 0. The number of hydrogen-bond acceptors (Lipinski definition) is 1. The Labute approximate surface area is 293 Å². The van der Waals surface area contributed by atoms with Gasteiger partial charge in [0.05, 0.1) is 16.7 Å². The van der Waals surface area contributed by atoms with E-state index in [4.69, 9.17) is 0 Å². The fourth-order valence-corrected chi connectivity index (χ4v) is 8.94. The van der Waals surface area contributed by atoms with Crippen LogP contribution in [0.4, 0.5) is 17.1 Å². The third kappa shape index (κ3) is 3.96. The van der Waals surface area contributed by atoms with Crippen LogP contribution in [0, 0.1) is 0 Å². The van der Waals surface area contributed by atoms with Crippen LogP contribution in [0.3, 0.4) is 0 Å². The molecule has 0 radical (unpaired) electrons. The molecule has 0 N–H and O–H groups in total. The average molecular weight is 643 g/mol. The summed E-state index contributed by atoms with van der Waals surface area (Å²) in [6.45, 7) is 9.67. The van der Waals surface area contributed by atoms with Crippen LogP contribution in [0.25, 0.3) is 49.7 Å². The van der Waals surface area contributed by atoms with E-state index in [0.29, 0.717) is 0 Å². The molecule has 8 aromatic rings. The van der Waals surface area contributed by atoms with Gasteiger partial charge < -0.3 is 9.47 Å². The van der Waals surface area contributed by atoms with Crippen molar-refractivity contribution in [1.29, 1.82) is 0 Å². The van der Waals surface area contributed by atoms with E-state index < -0.39 is 0 Å². The molecule has 2 aliphatic rings. The van der Waals surface area contributed by atoms with E-state index in [0.717, 1.165) is 11.4 Å². The van der Waals surface area contributed by atoms with Gasteiger partial charge >= 0.3 is 0 Å². The van der Waals surface area contributed by atoms with Crippen molar-refractivity contribution in [2.75, 3.05) is 4.90 Å². The maximum atomic E-state index is 2.61. The molecule has 0 amide bonds. The van der Waals surface area contributed by atoms with E-state index in [1.807, 2.05) is 0 Å². The molecule has 0 bridgehead atoms. The van der Waals surface area contributed by atoms with Gasteiger partial charge in [0.25, 0.3) is 0 Å². The van der Waals surface area contributed by atoms with Crippen molar-refractivity contribution < 1.29 is 0 Å². The first-order chi connectivity index (χ1) is 24.3. The second kappa shape index (κ2) is 10.3. The van der Waals surface area contributed by atoms with Crippen molar-refractivity contribution in [2.45, 2.75) is 38.5 Å². The minimum Gasteiger partial charge on any atom is -0.310 e. The van der Waals surface area contributed by atoms with Gasteiger partial charge in [-0.1, -0.05) is 149 Å². The Hall–Kier alpha value is -5.86. The summed E-state index contributed by atoms with van der Waals surface area (Å²) in [5, 5.41) is 2.70. The van der Waals surface area contributed by atoms with Crippen LogP contribution in [0.1, 0.15) is 49.9 Å². The molecule has 0 aliphatic carbocycles. The van der Waals surface area contributed by atoms with Gasteiger partial charge in [0.2, 0.25) is 0 Å². The van der Waals surface area contributed by atoms with E-state index >= 15 is 0 Å². The molecule has 0 saturated heterocycles. The third-order valence-electron chi connectivity index (χ3n) is 11.5. The molecule has 0 fully saturated rings. The highest BCUT2D eigenvalue weighted by Gasteiger charge is 2.44. The molecule has 2 nitrogen and oxygen atoms in total. The summed E-state index contributed by atoms with van der Waals surface area (Å²) in [4.78, 5) is 2.48. The number of aromatic nitrogens is 1. The smallest absolute Gasteiger partial charge is 0.0582 e. The quantitative estimate of drug-likeness (QED) is 0.181. The summed E-state index contributed by atoms with van der Waals surface area (Å²) < 4.78 is 2.61. The van der Waals surface area contributed by atoms with Gasteiger partial charge in [0, 0.05) is 38.7 Å². The van der Waals surface area contributed by atoms with E-state index in [9.17, 15) is 0 Å². The van der Waals surface area contributed by atoms with Crippen molar-refractivity contribution in [1.82, 2.24) is 4.57 Å². The molecule has 50 heavy (non-hydrogen) atoms. The van der Waals surface area contributed by atoms with E-state index in [-0.39, 0.29) is 10.8 Å². The molecule has 2 aliphatic heterocycles. The zero-order chi connectivity index (χ0) is 33.8. The largest absolute Gasteiger partial charge is 0.310 e. The van der Waals surface area contributed by atoms with Crippen LogP contribution < -0.4 is 4.90 Å². The Kier molecular flexibility index (Phi) is 6.01.